The summed E-state index contributed by atoms with van der Waals surface area (Å²) in [5.74, 6) is -0.243. The van der Waals surface area contributed by atoms with Crippen molar-refractivity contribution in [1.82, 2.24) is 0 Å². The highest BCUT2D eigenvalue weighted by molar-refractivity contribution is 5.74. The highest BCUT2D eigenvalue weighted by Crippen LogP contribution is 2.35. The monoisotopic (exact) mass is 316 g/mol. The summed E-state index contributed by atoms with van der Waals surface area (Å²) in [6, 6.07) is 0. The van der Waals surface area contributed by atoms with E-state index in [-0.39, 0.29) is 30.2 Å². The number of hydrogen-bond donors (Lipinski definition) is 1. The van der Waals surface area contributed by atoms with Crippen molar-refractivity contribution in [2.24, 2.45) is 10.8 Å². The molecule has 2 aliphatic rings. The number of methoxy groups -OCH3 is 1. The Morgan fingerprint density at radius 2 is 1.68 bits per heavy atom. The van der Waals surface area contributed by atoms with Gasteiger partial charge >= 0.3 is 5.97 Å². The van der Waals surface area contributed by atoms with Crippen LogP contribution in [0.3, 0.4) is 0 Å². The molecule has 0 aromatic rings. The van der Waals surface area contributed by atoms with Crippen LogP contribution >= 0.6 is 0 Å². The van der Waals surface area contributed by atoms with Crippen LogP contribution in [-0.2, 0) is 19.0 Å². The van der Waals surface area contributed by atoms with E-state index in [4.69, 9.17) is 14.6 Å². The van der Waals surface area contributed by atoms with Crippen molar-refractivity contribution in [3.63, 3.8) is 0 Å². The van der Waals surface area contributed by atoms with Gasteiger partial charge in [0.2, 0.25) is 0 Å². The maximum atomic E-state index is 11.1. The van der Waals surface area contributed by atoms with Crippen molar-refractivity contribution in [2.75, 3.05) is 26.9 Å². The average molecular weight is 316 g/mol. The Morgan fingerprint density at radius 3 is 2.05 bits per heavy atom. The highest BCUT2D eigenvalue weighted by Gasteiger charge is 2.38. The SMILES string of the molecule is CCC1(C)COC(C(=O)OC)C1.CCC1(C)COC(CO)C1. The molecule has 0 saturated carbocycles. The van der Waals surface area contributed by atoms with Crippen LogP contribution in [0.15, 0.2) is 0 Å². The van der Waals surface area contributed by atoms with Crippen LogP contribution in [0.25, 0.3) is 0 Å². The molecule has 1 N–H and O–H groups in total. The van der Waals surface area contributed by atoms with Crippen LogP contribution < -0.4 is 0 Å². The zero-order valence-corrected chi connectivity index (χ0v) is 14.7. The van der Waals surface area contributed by atoms with E-state index in [0.717, 1.165) is 32.3 Å². The summed E-state index contributed by atoms with van der Waals surface area (Å²) in [7, 11) is 1.40. The van der Waals surface area contributed by atoms with Crippen molar-refractivity contribution in [1.29, 1.82) is 0 Å². The third-order valence-electron chi connectivity index (χ3n) is 5.07. The van der Waals surface area contributed by atoms with Gasteiger partial charge in [0.05, 0.1) is 33.0 Å². The Balaban J connectivity index is 0.000000224. The zero-order valence-electron chi connectivity index (χ0n) is 14.7. The van der Waals surface area contributed by atoms with E-state index >= 15 is 0 Å². The van der Waals surface area contributed by atoms with E-state index in [1.807, 2.05) is 0 Å². The molecule has 0 aromatic carbocycles. The third kappa shape index (κ3) is 5.21. The summed E-state index contributed by atoms with van der Waals surface area (Å²) in [5.41, 5.74) is 0.492. The van der Waals surface area contributed by atoms with Gasteiger partial charge in [0.1, 0.15) is 0 Å². The summed E-state index contributed by atoms with van der Waals surface area (Å²) < 4.78 is 15.3. The van der Waals surface area contributed by atoms with Gasteiger partial charge < -0.3 is 19.3 Å². The molecule has 2 saturated heterocycles. The maximum Gasteiger partial charge on any atom is 0.334 e. The van der Waals surface area contributed by atoms with E-state index < -0.39 is 0 Å². The number of ether oxygens (including phenoxy) is 3. The third-order valence-corrected chi connectivity index (χ3v) is 5.07. The average Bonchev–Trinajstić information content (AvgIpc) is 3.12. The molecule has 2 heterocycles. The van der Waals surface area contributed by atoms with Gasteiger partial charge in [0.25, 0.3) is 0 Å². The number of aliphatic hydroxyl groups is 1. The lowest BCUT2D eigenvalue weighted by atomic mass is 9.85. The molecule has 0 aromatic heterocycles. The first-order valence-electron chi connectivity index (χ1n) is 8.23. The molecule has 0 aliphatic carbocycles. The minimum absolute atomic E-state index is 0.102. The molecule has 2 aliphatic heterocycles. The van der Waals surface area contributed by atoms with Gasteiger partial charge in [-0.2, -0.15) is 0 Å². The lowest BCUT2D eigenvalue weighted by molar-refractivity contribution is -0.151. The smallest absolute Gasteiger partial charge is 0.334 e. The molecule has 130 valence electrons. The van der Waals surface area contributed by atoms with E-state index in [0.29, 0.717) is 12.0 Å². The fourth-order valence-electron chi connectivity index (χ4n) is 2.75. The Kier molecular flexibility index (Phi) is 7.29. The fourth-order valence-corrected chi connectivity index (χ4v) is 2.75. The molecule has 2 fully saturated rings. The molecule has 5 heteroatoms. The van der Waals surface area contributed by atoms with Gasteiger partial charge in [-0.1, -0.05) is 27.7 Å². The predicted molar refractivity (Wildman–Crippen MR) is 84.6 cm³/mol. The van der Waals surface area contributed by atoms with Crippen molar-refractivity contribution < 1.29 is 24.1 Å². The number of hydrogen-bond acceptors (Lipinski definition) is 5. The van der Waals surface area contributed by atoms with Gasteiger partial charge in [-0.15, -0.1) is 0 Å². The summed E-state index contributed by atoms with van der Waals surface area (Å²) in [6.45, 7) is 10.3. The van der Waals surface area contributed by atoms with Crippen molar-refractivity contribution in [2.45, 2.75) is 65.6 Å². The molecular formula is C17H32O5. The number of carbonyl (C=O) groups is 1. The first-order valence-corrected chi connectivity index (χ1v) is 8.23. The van der Waals surface area contributed by atoms with Gasteiger partial charge in [-0.25, -0.2) is 4.79 Å². The van der Waals surface area contributed by atoms with E-state index in [1.54, 1.807) is 0 Å². The number of aliphatic hydroxyl groups excluding tert-OH is 1. The van der Waals surface area contributed by atoms with Gasteiger partial charge in [0, 0.05) is 0 Å². The van der Waals surface area contributed by atoms with Gasteiger partial charge in [0.15, 0.2) is 6.10 Å². The molecule has 22 heavy (non-hydrogen) atoms. The number of carbonyl (C=O) groups excluding carboxylic acids is 1. The molecule has 2 rings (SSSR count). The number of rotatable bonds is 4. The molecule has 0 radical (unpaired) electrons. The molecule has 0 spiro atoms. The topological polar surface area (TPSA) is 65.0 Å². The van der Waals surface area contributed by atoms with Crippen molar-refractivity contribution >= 4 is 5.97 Å². The first kappa shape index (κ1) is 19.4. The standard InChI is InChI=1S/C9H16O3.C8H16O2/c1-4-9(2)5-7(12-6-9)8(10)11-3;1-3-8(2)4-7(5-9)10-6-8/h7H,4-6H2,1-3H3;7,9H,3-6H2,1-2H3. The molecule has 5 nitrogen and oxygen atoms in total. The van der Waals surface area contributed by atoms with Crippen LogP contribution in [0.1, 0.15) is 53.4 Å². The van der Waals surface area contributed by atoms with Crippen LogP contribution in [-0.4, -0.2) is 50.2 Å². The number of esters is 1. The molecule has 0 amide bonds. The molecule has 4 atom stereocenters. The Bertz CT molecular complexity index is 359. The molecule has 0 bridgehead atoms. The van der Waals surface area contributed by atoms with E-state index in [9.17, 15) is 4.79 Å². The zero-order chi connectivity index (χ0) is 16.8. The summed E-state index contributed by atoms with van der Waals surface area (Å²) in [4.78, 5) is 11.1. The van der Waals surface area contributed by atoms with Crippen LogP contribution in [0.4, 0.5) is 0 Å². The van der Waals surface area contributed by atoms with Crippen LogP contribution in [0, 0.1) is 10.8 Å². The van der Waals surface area contributed by atoms with E-state index in [2.05, 4.69) is 32.4 Å². The predicted octanol–water partition coefficient (Wildman–Crippen LogP) is 2.55. The second kappa shape index (κ2) is 8.27. The van der Waals surface area contributed by atoms with Crippen LogP contribution in [0.2, 0.25) is 0 Å². The van der Waals surface area contributed by atoms with E-state index in [1.165, 1.54) is 7.11 Å². The largest absolute Gasteiger partial charge is 0.467 e. The summed E-state index contributed by atoms with van der Waals surface area (Å²) >= 11 is 0. The normalized spacial score (nSPS) is 37.5. The molecule has 4 unspecified atom stereocenters. The minimum Gasteiger partial charge on any atom is -0.467 e. The summed E-state index contributed by atoms with van der Waals surface area (Å²) in [5, 5.41) is 8.77. The fraction of sp³-hybridized carbons (Fsp3) is 0.941. The second-order valence-corrected chi connectivity index (χ2v) is 7.18. The lowest BCUT2D eigenvalue weighted by Crippen LogP contribution is -2.22. The second-order valence-electron chi connectivity index (χ2n) is 7.18. The quantitative estimate of drug-likeness (QED) is 0.808. The van der Waals surface area contributed by atoms with Crippen LogP contribution in [0.5, 0.6) is 0 Å². The Labute approximate surface area is 134 Å². The Morgan fingerprint density at radius 1 is 1.14 bits per heavy atom. The molecular weight excluding hydrogens is 284 g/mol. The Hall–Kier alpha value is -0.650. The first-order chi connectivity index (χ1) is 10.3. The lowest BCUT2D eigenvalue weighted by Gasteiger charge is -2.18. The van der Waals surface area contributed by atoms with Gasteiger partial charge in [-0.3, -0.25) is 0 Å². The minimum atomic E-state index is -0.333. The van der Waals surface area contributed by atoms with Gasteiger partial charge in [-0.05, 0) is 36.5 Å². The highest BCUT2D eigenvalue weighted by atomic mass is 16.6. The van der Waals surface area contributed by atoms with Crippen molar-refractivity contribution in [3.05, 3.63) is 0 Å². The summed E-state index contributed by atoms with van der Waals surface area (Å²) in [6.07, 6.45) is 3.75. The maximum absolute atomic E-state index is 11.1. The van der Waals surface area contributed by atoms with Crippen molar-refractivity contribution in [3.8, 4) is 0 Å².